The first-order valence-electron chi connectivity index (χ1n) is 9.19. The van der Waals surface area contributed by atoms with E-state index in [1.807, 2.05) is 49.3 Å². The summed E-state index contributed by atoms with van der Waals surface area (Å²) in [6, 6.07) is 16.6. The van der Waals surface area contributed by atoms with E-state index in [2.05, 4.69) is 69.6 Å². The van der Waals surface area contributed by atoms with E-state index in [0.717, 1.165) is 11.1 Å². The van der Waals surface area contributed by atoms with Crippen LogP contribution in [0.3, 0.4) is 0 Å². The molecule has 2 aliphatic carbocycles. The van der Waals surface area contributed by atoms with Gasteiger partial charge in [-0.3, -0.25) is 10.9 Å². The van der Waals surface area contributed by atoms with Crippen molar-refractivity contribution in [2.45, 2.75) is 0 Å². The van der Waals surface area contributed by atoms with Gasteiger partial charge in [-0.05, 0) is 22.3 Å². The predicted molar refractivity (Wildman–Crippen MR) is 115 cm³/mol. The Labute approximate surface area is 164 Å². The molecule has 0 amide bonds. The van der Waals surface area contributed by atoms with E-state index in [4.69, 9.17) is 0 Å². The molecular weight excluding hydrogens is 344 g/mol. The Bertz CT molecular complexity index is 989. The van der Waals surface area contributed by atoms with Gasteiger partial charge in [0, 0.05) is 24.0 Å². The summed E-state index contributed by atoms with van der Waals surface area (Å²) < 4.78 is 0. The third kappa shape index (κ3) is 3.21. The van der Waals surface area contributed by atoms with Gasteiger partial charge in [0.1, 0.15) is 0 Å². The molecule has 2 aromatic carbocycles. The lowest BCUT2D eigenvalue weighted by Crippen LogP contribution is -2.34. The summed E-state index contributed by atoms with van der Waals surface area (Å²) in [7, 11) is 0. The van der Waals surface area contributed by atoms with Gasteiger partial charge in [0.05, 0.1) is 0 Å². The second-order valence-electron chi connectivity index (χ2n) is 6.65. The standard InChI is InChI=1S/C24H18N4/c1-2-6-17(5-1)19-9-13-21(14-10-19)23-25-27-24(28-26-23)22-15-11-20(12-16-22)18-7-3-4-8-18/h1-16H,(H,25,26)(H,27,28). The van der Waals surface area contributed by atoms with Gasteiger partial charge in [0.2, 0.25) is 0 Å². The average molecular weight is 362 g/mol. The molecule has 4 nitrogen and oxygen atoms in total. The van der Waals surface area contributed by atoms with Gasteiger partial charge < -0.3 is 0 Å². The summed E-state index contributed by atoms with van der Waals surface area (Å²) in [6.07, 6.45) is 16.6. The molecule has 28 heavy (non-hydrogen) atoms. The maximum atomic E-state index is 4.45. The maximum Gasteiger partial charge on any atom is 0.173 e. The van der Waals surface area contributed by atoms with Crippen molar-refractivity contribution >= 4 is 22.8 Å². The first-order valence-corrected chi connectivity index (χ1v) is 9.19. The van der Waals surface area contributed by atoms with Crippen LogP contribution in [-0.2, 0) is 0 Å². The first kappa shape index (κ1) is 16.5. The number of amidine groups is 2. The van der Waals surface area contributed by atoms with E-state index in [1.54, 1.807) is 0 Å². The normalized spacial score (nSPS) is 17.4. The lowest BCUT2D eigenvalue weighted by Gasteiger charge is -2.15. The Morgan fingerprint density at radius 3 is 1.21 bits per heavy atom. The summed E-state index contributed by atoms with van der Waals surface area (Å²) >= 11 is 0. The van der Waals surface area contributed by atoms with Crippen molar-refractivity contribution in [2.24, 2.45) is 10.2 Å². The summed E-state index contributed by atoms with van der Waals surface area (Å²) in [6.45, 7) is 0. The van der Waals surface area contributed by atoms with Crippen LogP contribution in [0.4, 0.5) is 0 Å². The summed E-state index contributed by atoms with van der Waals surface area (Å²) in [5.41, 5.74) is 12.9. The third-order valence-corrected chi connectivity index (χ3v) is 4.86. The highest BCUT2D eigenvalue weighted by molar-refractivity contribution is 6.06. The summed E-state index contributed by atoms with van der Waals surface area (Å²) in [4.78, 5) is 0. The van der Waals surface area contributed by atoms with Gasteiger partial charge in [-0.25, -0.2) is 0 Å². The lowest BCUT2D eigenvalue weighted by molar-refractivity contribution is 0.883. The lowest BCUT2D eigenvalue weighted by atomic mass is 10.0. The Morgan fingerprint density at radius 1 is 0.500 bits per heavy atom. The Hall–Kier alpha value is -3.66. The van der Waals surface area contributed by atoms with E-state index in [9.17, 15) is 0 Å². The topological polar surface area (TPSA) is 48.8 Å². The molecule has 2 radical (unpaired) electrons. The van der Waals surface area contributed by atoms with Crippen LogP contribution in [0.2, 0.25) is 0 Å². The summed E-state index contributed by atoms with van der Waals surface area (Å²) in [5.74, 6) is 1.40. The minimum atomic E-state index is 0.700. The molecule has 1 heterocycles. The minimum Gasteiger partial charge on any atom is -0.257 e. The van der Waals surface area contributed by atoms with Crippen molar-refractivity contribution in [3.8, 4) is 0 Å². The summed E-state index contributed by atoms with van der Waals surface area (Å²) in [5, 5.41) is 8.89. The number of hydrogen-bond donors (Lipinski definition) is 2. The van der Waals surface area contributed by atoms with Gasteiger partial charge in [0.15, 0.2) is 11.7 Å². The predicted octanol–water partition coefficient (Wildman–Crippen LogP) is 4.22. The zero-order valence-electron chi connectivity index (χ0n) is 15.1. The zero-order valence-corrected chi connectivity index (χ0v) is 15.1. The molecule has 0 saturated carbocycles. The zero-order chi connectivity index (χ0) is 18.8. The van der Waals surface area contributed by atoms with Crippen LogP contribution in [0.15, 0.2) is 95.2 Å². The molecule has 4 heteroatoms. The molecule has 5 rings (SSSR count). The first-order chi connectivity index (χ1) is 13.9. The average Bonchev–Trinajstić information content (AvgIpc) is 3.49. The molecule has 2 N–H and O–H groups in total. The molecule has 0 atom stereocenters. The number of nitrogens with one attached hydrogen (secondary N) is 2. The van der Waals surface area contributed by atoms with Crippen molar-refractivity contribution in [1.29, 1.82) is 0 Å². The van der Waals surface area contributed by atoms with Crippen molar-refractivity contribution in [3.63, 3.8) is 0 Å². The molecule has 1 aliphatic heterocycles. The highest BCUT2D eigenvalue weighted by Gasteiger charge is 2.12. The number of hydrazone groups is 2. The van der Waals surface area contributed by atoms with Crippen LogP contribution in [-0.4, -0.2) is 11.7 Å². The van der Waals surface area contributed by atoms with Gasteiger partial charge in [-0.15, -0.1) is 0 Å². The maximum absolute atomic E-state index is 4.45. The molecule has 0 spiro atoms. The second kappa shape index (κ2) is 7.16. The largest absolute Gasteiger partial charge is 0.257 e. The third-order valence-electron chi connectivity index (χ3n) is 4.86. The molecule has 134 valence electrons. The molecule has 0 aromatic heterocycles. The van der Waals surface area contributed by atoms with Crippen LogP contribution in [0.1, 0.15) is 22.3 Å². The minimum absolute atomic E-state index is 0.700. The molecular formula is C24H18N4. The second-order valence-corrected chi connectivity index (χ2v) is 6.65. The molecule has 0 unspecified atom stereocenters. The van der Waals surface area contributed by atoms with E-state index in [-0.39, 0.29) is 0 Å². The van der Waals surface area contributed by atoms with E-state index < -0.39 is 0 Å². The fourth-order valence-electron chi connectivity index (χ4n) is 3.30. The van der Waals surface area contributed by atoms with Crippen molar-refractivity contribution in [2.75, 3.05) is 0 Å². The van der Waals surface area contributed by atoms with Crippen LogP contribution < -0.4 is 10.9 Å². The smallest absolute Gasteiger partial charge is 0.173 e. The van der Waals surface area contributed by atoms with Crippen molar-refractivity contribution in [3.05, 3.63) is 120 Å². The molecule has 0 saturated heterocycles. The van der Waals surface area contributed by atoms with Crippen LogP contribution >= 0.6 is 0 Å². The Morgan fingerprint density at radius 2 is 0.893 bits per heavy atom. The van der Waals surface area contributed by atoms with Crippen LogP contribution in [0.25, 0.3) is 11.1 Å². The quantitative estimate of drug-likeness (QED) is 0.856. The highest BCUT2D eigenvalue weighted by atomic mass is 15.5. The van der Waals surface area contributed by atoms with Gasteiger partial charge in [-0.2, -0.15) is 10.2 Å². The van der Waals surface area contributed by atoms with Gasteiger partial charge in [0.25, 0.3) is 0 Å². The SMILES string of the molecule is [CH]1C=CC(c2ccc(C3=NNC(c4ccc(C5=C[CH]C=C5)cc4)=NN3)cc2)=C1. The Balaban J connectivity index is 1.28. The monoisotopic (exact) mass is 362 g/mol. The van der Waals surface area contributed by atoms with Crippen LogP contribution in [0.5, 0.6) is 0 Å². The van der Waals surface area contributed by atoms with E-state index in [0.29, 0.717) is 11.7 Å². The van der Waals surface area contributed by atoms with Gasteiger partial charge in [-0.1, -0.05) is 85.0 Å². The van der Waals surface area contributed by atoms with E-state index in [1.165, 1.54) is 22.3 Å². The number of nitrogens with zero attached hydrogens (tertiary/aromatic N) is 2. The highest BCUT2D eigenvalue weighted by Crippen LogP contribution is 2.22. The number of allylic oxidation sites excluding steroid dienone is 8. The molecule has 0 bridgehead atoms. The van der Waals surface area contributed by atoms with Gasteiger partial charge >= 0.3 is 0 Å². The molecule has 3 aliphatic rings. The fraction of sp³-hybridized carbons (Fsp3) is 0. The fourth-order valence-corrected chi connectivity index (χ4v) is 3.30. The Kier molecular flexibility index (Phi) is 4.22. The van der Waals surface area contributed by atoms with Crippen LogP contribution in [0, 0.1) is 12.8 Å². The number of benzene rings is 2. The molecule has 2 aromatic rings. The van der Waals surface area contributed by atoms with E-state index >= 15 is 0 Å². The molecule has 0 fully saturated rings. The van der Waals surface area contributed by atoms with Crippen molar-refractivity contribution in [1.82, 2.24) is 10.9 Å². The number of rotatable bonds is 4. The number of hydrogen-bond acceptors (Lipinski definition) is 4. The van der Waals surface area contributed by atoms with Crippen molar-refractivity contribution < 1.29 is 0 Å².